The first-order valence-corrected chi connectivity index (χ1v) is 7.88. The Labute approximate surface area is 144 Å². The van der Waals surface area contributed by atoms with Crippen LogP contribution in [0.5, 0.6) is 11.5 Å². The van der Waals surface area contributed by atoms with Gasteiger partial charge in [0, 0.05) is 5.69 Å². The number of aromatic hydroxyl groups is 1. The first-order valence-electron chi connectivity index (χ1n) is 6.75. The number of rotatable bonds is 5. The summed E-state index contributed by atoms with van der Waals surface area (Å²) >= 11 is 18.3. The Morgan fingerprint density at radius 3 is 2.14 bits per heavy atom. The van der Waals surface area contributed by atoms with Crippen molar-refractivity contribution in [3.63, 3.8) is 0 Å². The second kappa shape index (κ2) is 7.32. The molecule has 0 aliphatic rings. The minimum absolute atomic E-state index is 0.160. The summed E-state index contributed by atoms with van der Waals surface area (Å²) < 4.78 is 3.85. The van der Waals surface area contributed by atoms with Crippen molar-refractivity contribution < 1.29 is 9.84 Å². The van der Waals surface area contributed by atoms with E-state index in [0.717, 1.165) is 17.0 Å². The minimum Gasteiger partial charge on any atom is -0.508 e. The average Bonchev–Trinajstić information content (AvgIpc) is 2.47. The predicted octanol–water partition coefficient (Wildman–Crippen LogP) is 5.31. The summed E-state index contributed by atoms with van der Waals surface area (Å²) in [6, 6.07) is 13.4. The summed E-state index contributed by atoms with van der Waals surface area (Å²) in [6.45, 7) is 2.53. The fraction of sp³-hybridized carbons (Fsp3) is 0.250. The number of benzene rings is 2. The van der Waals surface area contributed by atoms with Crippen molar-refractivity contribution in [2.24, 2.45) is 0 Å². The Morgan fingerprint density at radius 2 is 1.64 bits per heavy atom. The van der Waals surface area contributed by atoms with Gasteiger partial charge in [-0.05, 0) is 48.9 Å². The Hall–Kier alpha value is -1.29. The monoisotopic (exact) mass is 359 g/mol. The highest BCUT2D eigenvalue weighted by Crippen LogP contribution is 2.42. The van der Waals surface area contributed by atoms with Crippen LogP contribution in [0.1, 0.15) is 18.5 Å². The van der Waals surface area contributed by atoms with E-state index >= 15 is 0 Å². The van der Waals surface area contributed by atoms with E-state index in [1.54, 1.807) is 24.3 Å². The summed E-state index contributed by atoms with van der Waals surface area (Å²) in [6.07, 6.45) is 0. The van der Waals surface area contributed by atoms with Crippen LogP contribution in [0.15, 0.2) is 48.5 Å². The van der Waals surface area contributed by atoms with E-state index in [1.807, 2.05) is 31.2 Å². The Balaban J connectivity index is 2.22. The quantitative estimate of drug-likeness (QED) is 0.710. The van der Waals surface area contributed by atoms with Gasteiger partial charge < -0.3 is 15.2 Å². The Bertz CT molecular complexity index is 594. The highest BCUT2D eigenvalue weighted by Gasteiger charge is 2.34. The van der Waals surface area contributed by atoms with E-state index in [0.29, 0.717) is 6.61 Å². The number of halogens is 3. The molecule has 0 fully saturated rings. The van der Waals surface area contributed by atoms with E-state index in [9.17, 15) is 5.11 Å². The lowest BCUT2D eigenvalue weighted by Crippen LogP contribution is -2.25. The smallest absolute Gasteiger partial charge is 0.214 e. The average molecular weight is 361 g/mol. The number of hydrogen-bond acceptors (Lipinski definition) is 3. The van der Waals surface area contributed by atoms with Gasteiger partial charge in [0.1, 0.15) is 11.5 Å². The van der Waals surface area contributed by atoms with Crippen LogP contribution >= 0.6 is 34.8 Å². The fourth-order valence-corrected chi connectivity index (χ4v) is 2.54. The molecule has 0 aromatic heterocycles. The third-order valence-electron chi connectivity index (χ3n) is 3.03. The zero-order chi connectivity index (χ0) is 16.2. The Morgan fingerprint density at radius 1 is 1.05 bits per heavy atom. The van der Waals surface area contributed by atoms with Crippen LogP contribution < -0.4 is 10.1 Å². The van der Waals surface area contributed by atoms with Crippen LogP contribution in [0.3, 0.4) is 0 Å². The van der Waals surface area contributed by atoms with Crippen molar-refractivity contribution in [2.75, 3.05) is 11.9 Å². The summed E-state index contributed by atoms with van der Waals surface area (Å²) in [5.74, 6) is 0.941. The maximum Gasteiger partial charge on any atom is 0.214 e. The van der Waals surface area contributed by atoms with Crippen LogP contribution in [-0.4, -0.2) is 15.5 Å². The van der Waals surface area contributed by atoms with Gasteiger partial charge in [0.25, 0.3) is 0 Å². The summed E-state index contributed by atoms with van der Waals surface area (Å²) in [4.78, 5) is 0. The molecular formula is C16H16Cl3NO2. The molecule has 0 aliphatic carbocycles. The molecule has 0 bridgehead atoms. The van der Waals surface area contributed by atoms with Crippen LogP contribution in [0, 0.1) is 0 Å². The molecule has 2 aromatic carbocycles. The molecule has 2 rings (SSSR count). The van der Waals surface area contributed by atoms with Crippen LogP contribution in [0.25, 0.3) is 0 Å². The SMILES string of the molecule is CCOc1ccc(NC(c2ccc(O)cc2)C(Cl)(Cl)Cl)cc1. The number of nitrogens with one attached hydrogen (secondary N) is 1. The molecule has 0 spiro atoms. The first-order chi connectivity index (χ1) is 10.4. The molecule has 3 nitrogen and oxygen atoms in total. The molecular weight excluding hydrogens is 345 g/mol. The zero-order valence-corrected chi connectivity index (χ0v) is 14.2. The third kappa shape index (κ3) is 4.60. The Kier molecular flexibility index (Phi) is 5.68. The van der Waals surface area contributed by atoms with Crippen molar-refractivity contribution in [3.8, 4) is 11.5 Å². The lowest BCUT2D eigenvalue weighted by atomic mass is 10.1. The molecule has 0 saturated heterocycles. The van der Waals surface area contributed by atoms with Gasteiger partial charge in [0.15, 0.2) is 0 Å². The summed E-state index contributed by atoms with van der Waals surface area (Å²) in [7, 11) is 0. The van der Waals surface area contributed by atoms with Gasteiger partial charge in [0.2, 0.25) is 3.79 Å². The molecule has 0 radical (unpaired) electrons. The second-order valence-corrected chi connectivity index (χ2v) is 7.04. The van der Waals surface area contributed by atoms with Crippen molar-refractivity contribution in [1.82, 2.24) is 0 Å². The number of phenols is 1. The number of anilines is 1. The molecule has 0 aliphatic heterocycles. The third-order valence-corrected chi connectivity index (χ3v) is 3.68. The number of hydrogen-bond donors (Lipinski definition) is 2. The van der Waals surface area contributed by atoms with Crippen molar-refractivity contribution in [2.45, 2.75) is 16.8 Å². The van der Waals surface area contributed by atoms with Gasteiger partial charge >= 0.3 is 0 Å². The molecule has 0 heterocycles. The van der Waals surface area contributed by atoms with Gasteiger partial charge in [-0.2, -0.15) is 0 Å². The second-order valence-electron chi connectivity index (χ2n) is 4.67. The maximum absolute atomic E-state index is 9.38. The van der Waals surface area contributed by atoms with Crippen LogP contribution in [0.4, 0.5) is 5.69 Å². The van der Waals surface area contributed by atoms with E-state index in [4.69, 9.17) is 39.5 Å². The van der Waals surface area contributed by atoms with E-state index < -0.39 is 9.83 Å². The van der Waals surface area contributed by atoms with E-state index in [2.05, 4.69) is 5.32 Å². The minimum atomic E-state index is -1.55. The largest absolute Gasteiger partial charge is 0.508 e. The molecule has 6 heteroatoms. The molecule has 118 valence electrons. The van der Waals surface area contributed by atoms with Crippen LogP contribution in [-0.2, 0) is 0 Å². The highest BCUT2D eigenvalue weighted by molar-refractivity contribution is 6.68. The lowest BCUT2D eigenvalue weighted by molar-refractivity contribution is 0.340. The molecule has 22 heavy (non-hydrogen) atoms. The predicted molar refractivity (Wildman–Crippen MR) is 92.4 cm³/mol. The molecule has 1 unspecified atom stereocenters. The van der Waals surface area contributed by atoms with Gasteiger partial charge in [0.05, 0.1) is 12.6 Å². The van der Waals surface area contributed by atoms with Crippen molar-refractivity contribution >= 4 is 40.5 Å². The molecule has 1 atom stereocenters. The van der Waals surface area contributed by atoms with Crippen molar-refractivity contribution in [1.29, 1.82) is 0 Å². The van der Waals surface area contributed by atoms with Crippen LogP contribution in [0.2, 0.25) is 0 Å². The number of alkyl halides is 3. The van der Waals surface area contributed by atoms with Crippen molar-refractivity contribution in [3.05, 3.63) is 54.1 Å². The zero-order valence-electron chi connectivity index (χ0n) is 11.9. The van der Waals surface area contributed by atoms with Gasteiger partial charge in [-0.15, -0.1) is 0 Å². The lowest BCUT2D eigenvalue weighted by Gasteiger charge is -2.27. The first kappa shape index (κ1) is 17.1. The molecule has 0 saturated carbocycles. The van der Waals surface area contributed by atoms with Gasteiger partial charge in [-0.3, -0.25) is 0 Å². The topological polar surface area (TPSA) is 41.5 Å². The fourth-order valence-electron chi connectivity index (χ4n) is 2.00. The summed E-state index contributed by atoms with van der Waals surface area (Å²) in [5, 5.41) is 12.6. The van der Waals surface area contributed by atoms with Gasteiger partial charge in [-0.25, -0.2) is 0 Å². The highest BCUT2D eigenvalue weighted by atomic mass is 35.6. The standard InChI is InChI=1S/C16H16Cl3NO2/c1-2-22-14-9-5-12(6-10-14)20-15(16(17,18)19)11-3-7-13(21)8-4-11/h3-10,15,20-21H,2H2,1H3. The maximum atomic E-state index is 9.38. The number of phenolic OH excluding ortho intramolecular Hbond substituents is 1. The molecule has 2 N–H and O–H groups in total. The molecule has 2 aromatic rings. The van der Waals surface area contributed by atoms with E-state index in [-0.39, 0.29) is 5.75 Å². The van der Waals surface area contributed by atoms with E-state index in [1.165, 1.54) is 0 Å². The normalized spacial score (nSPS) is 12.7. The molecule has 0 amide bonds. The number of ether oxygens (including phenoxy) is 1. The van der Waals surface area contributed by atoms with Gasteiger partial charge in [-0.1, -0.05) is 46.9 Å². The summed E-state index contributed by atoms with van der Waals surface area (Å²) in [5.41, 5.74) is 1.56.